The largest absolute Gasteiger partial charge is 0.394 e. The van der Waals surface area contributed by atoms with E-state index in [0.717, 1.165) is 0 Å². The van der Waals surface area contributed by atoms with Gasteiger partial charge < -0.3 is 51.3 Å². The molecule has 0 aliphatic rings. The molecule has 228 valence electrons. The first-order valence-electron chi connectivity index (χ1n) is 11.7. The Hall–Kier alpha value is -0.790. The maximum atomic E-state index is 12.6. The fraction of sp³-hybridized carbons (Fsp3) is 0.565. The number of halogens is 3. The Labute approximate surface area is 272 Å². The van der Waals surface area contributed by atoms with Crippen LogP contribution in [0, 0.1) is 10.7 Å². The molecular weight excluding hydrogens is 875 g/mol. The van der Waals surface area contributed by atoms with Gasteiger partial charge in [0.05, 0.1) is 40.4 Å². The van der Waals surface area contributed by atoms with Gasteiger partial charge in [0, 0.05) is 20.4 Å². The highest BCUT2D eigenvalue weighted by Gasteiger charge is 2.30. The number of amides is 2. The summed E-state index contributed by atoms with van der Waals surface area (Å²) in [4.78, 5) is 47.6. The normalized spacial score (nSPS) is 14.5. The molecule has 0 radical (unpaired) electrons. The van der Waals surface area contributed by atoms with Crippen LogP contribution < -0.4 is 16.0 Å². The number of benzene rings is 1. The predicted molar refractivity (Wildman–Crippen MR) is 170 cm³/mol. The van der Waals surface area contributed by atoms with E-state index in [1.54, 1.807) is 14.0 Å². The van der Waals surface area contributed by atoms with Crippen molar-refractivity contribution in [3.05, 3.63) is 16.3 Å². The molecule has 1 rings (SSSR count). The molecule has 0 saturated carbocycles. The van der Waals surface area contributed by atoms with E-state index >= 15 is 0 Å². The molecule has 1 unspecified atom stereocenters. The highest BCUT2D eigenvalue weighted by atomic mass is 127. The highest BCUT2D eigenvalue weighted by molar-refractivity contribution is 14.1. The van der Waals surface area contributed by atoms with E-state index in [1.807, 2.05) is 67.8 Å². The third-order valence-electron chi connectivity index (χ3n) is 4.89. The molecule has 17 heteroatoms. The van der Waals surface area contributed by atoms with Crippen LogP contribution in [0.5, 0.6) is 0 Å². The average Bonchev–Trinajstić information content (AvgIpc) is 2.88. The van der Waals surface area contributed by atoms with E-state index in [1.165, 1.54) is 13.8 Å². The smallest absolute Gasteiger partial charge is 0.348 e. The number of aliphatic hydroxyl groups is 6. The van der Waals surface area contributed by atoms with Crippen LogP contribution in [0.1, 0.15) is 44.0 Å². The Kier molecular flexibility index (Phi) is 19.0. The van der Waals surface area contributed by atoms with Gasteiger partial charge in [-0.3, -0.25) is 9.59 Å². The van der Waals surface area contributed by atoms with Crippen LogP contribution in [0.25, 0.3) is 0 Å². The Balaban J connectivity index is 0.000000983. The van der Waals surface area contributed by atoms with Crippen molar-refractivity contribution in [2.75, 3.05) is 30.8 Å². The van der Waals surface area contributed by atoms with Crippen molar-refractivity contribution < 1.29 is 54.6 Å². The number of nitrogens with one attached hydrogen (secondary N) is 3. The van der Waals surface area contributed by atoms with Crippen LogP contribution in [0.15, 0.2) is 0 Å². The summed E-state index contributed by atoms with van der Waals surface area (Å²) >= 11 is 5.67. The maximum absolute atomic E-state index is 12.6. The van der Waals surface area contributed by atoms with Gasteiger partial charge in [-0.1, -0.05) is 13.3 Å². The van der Waals surface area contributed by atoms with Gasteiger partial charge in [0.15, 0.2) is 6.10 Å². The number of aliphatic hydroxyl groups excluding tert-OH is 6. The van der Waals surface area contributed by atoms with Gasteiger partial charge in [-0.2, -0.15) is 0 Å². The van der Waals surface area contributed by atoms with Gasteiger partial charge in [-0.25, -0.2) is 9.59 Å². The molecule has 0 bridgehead atoms. The third kappa shape index (κ3) is 12.2. The third-order valence-corrected chi connectivity index (χ3v) is 8.13. The number of likely N-dealkylation sites (N-methyl/N-ethyl adjacent to an activating group) is 1. The molecule has 2 amide bonds. The highest BCUT2D eigenvalue weighted by Crippen LogP contribution is 2.39. The summed E-state index contributed by atoms with van der Waals surface area (Å²) in [6.45, 7) is 3.83. The van der Waals surface area contributed by atoms with Crippen LogP contribution >= 0.6 is 67.8 Å². The van der Waals surface area contributed by atoms with Crippen molar-refractivity contribution in [2.45, 2.75) is 64.1 Å². The lowest BCUT2D eigenvalue weighted by Gasteiger charge is -2.25. The maximum Gasteiger partial charge on any atom is 0.348 e. The summed E-state index contributed by atoms with van der Waals surface area (Å²) in [6, 6.07) is 0. The molecule has 14 nitrogen and oxygen atoms in total. The summed E-state index contributed by atoms with van der Waals surface area (Å²) in [5.41, 5.74) is 0.656. The molecular formula is C23H34I3N3O11. The minimum Gasteiger partial charge on any atom is -0.394 e. The molecule has 0 fully saturated rings. The lowest BCUT2D eigenvalue weighted by Crippen LogP contribution is -2.48. The zero-order chi connectivity index (χ0) is 31.3. The number of carbonyl (C=O) groups excluding carboxylic acids is 4. The Morgan fingerprint density at radius 1 is 0.825 bits per heavy atom. The Bertz CT molecular complexity index is 1000. The van der Waals surface area contributed by atoms with E-state index in [-0.39, 0.29) is 30.3 Å². The number of esters is 2. The first kappa shape index (κ1) is 39.2. The van der Waals surface area contributed by atoms with Crippen molar-refractivity contribution >= 4 is 103 Å². The summed E-state index contributed by atoms with van der Waals surface area (Å²) < 4.78 is 6.05. The molecule has 1 aromatic carbocycles. The standard InChI is InChI=1S/C16H17I3N2O6.C7H17NO5/c1-4-5-8(24)15(25)27-16(26)9-10(17)13(20-6(2)22)12(19)14(11(9)18)21-7(3)23;1-8-2-4(10)6(12)7(13)5(11)3-9/h8,24H,4-5H2,1-3H3,(H,20,22)(H,21,23);4-13H,2-3H2,1H3/t;4-,5+,6+,7+/m.0/s1. The number of rotatable bonds is 12. The van der Waals surface area contributed by atoms with Crippen molar-refractivity contribution in [1.82, 2.24) is 5.32 Å². The molecule has 0 spiro atoms. The zero-order valence-corrected chi connectivity index (χ0v) is 28.5. The van der Waals surface area contributed by atoms with E-state index in [2.05, 4.69) is 16.0 Å². The van der Waals surface area contributed by atoms with Gasteiger partial charge in [0.25, 0.3) is 0 Å². The van der Waals surface area contributed by atoms with Gasteiger partial charge in [-0.05, 0) is 81.2 Å². The summed E-state index contributed by atoms with van der Waals surface area (Å²) in [5.74, 6) is -2.75. The van der Waals surface area contributed by atoms with Crippen LogP contribution in [0.4, 0.5) is 11.4 Å². The first-order valence-corrected chi connectivity index (χ1v) is 15.0. The van der Waals surface area contributed by atoms with Gasteiger partial charge >= 0.3 is 11.9 Å². The van der Waals surface area contributed by atoms with E-state index < -0.39 is 49.1 Å². The SMILES string of the molecule is CCCC(O)C(=O)OC(=O)c1c(I)c(NC(C)=O)c(I)c(NC(C)=O)c1I.CNC[C@H](O)[C@@H](O)[C@H](O)[C@H](O)CO. The van der Waals surface area contributed by atoms with Crippen molar-refractivity contribution in [3.8, 4) is 0 Å². The van der Waals surface area contributed by atoms with Crippen LogP contribution in [0.2, 0.25) is 0 Å². The second kappa shape index (κ2) is 19.4. The molecule has 0 aromatic heterocycles. The summed E-state index contributed by atoms with van der Waals surface area (Å²) in [5, 5.41) is 62.4. The fourth-order valence-electron chi connectivity index (χ4n) is 2.91. The van der Waals surface area contributed by atoms with Crippen molar-refractivity contribution in [1.29, 1.82) is 0 Å². The minimum absolute atomic E-state index is 0.0150. The molecule has 0 saturated heterocycles. The predicted octanol–water partition coefficient (Wildman–Crippen LogP) is -0.0967. The zero-order valence-electron chi connectivity index (χ0n) is 22.1. The number of anilines is 2. The van der Waals surface area contributed by atoms with Gasteiger partial charge in [0.2, 0.25) is 11.8 Å². The quantitative estimate of drug-likeness (QED) is 0.0761. The van der Waals surface area contributed by atoms with E-state index in [4.69, 9.17) is 25.2 Å². The molecule has 9 N–H and O–H groups in total. The number of ether oxygens (including phenoxy) is 1. The average molecular weight is 909 g/mol. The van der Waals surface area contributed by atoms with Gasteiger partial charge in [-0.15, -0.1) is 0 Å². The first-order chi connectivity index (χ1) is 18.5. The second-order valence-electron chi connectivity index (χ2n) is 8.30. The van der Waals surface area contributed by atoms with E-state index in [9.17, 15) is 29.4 Å². The monoisotopic (exact) mass is 909 g/mol. The molecule has 1 aromatic rings. The lowest BCUT2D eigenvalue weighted by molar-refractivity contribution is -0.147. The Morgan fingerprint density at radius 2 is 1.27 bits per heavy atom. The molecule has 0 aliphatic heterocycles. The number of carbonyl (C=O) groups is 4. The molecule has 0 heterocycles. The molecule has 5 atom stereocenters. The molecule has 40 heavy (non-hydrogen) atoms. The van der Waals surface area contributed by atoms with Crippen LogP contribution in [0.3, 0.4) is 0 Å². The summed E-state index contributed by atoms with van der Waals surface area (Å²) in [7, 11) is 1.57. The lowest BCUT2D eigenvalue weighted by atomic mass is 10.0. The number of hydrogen-bond donors (Lipinski definition) is 9. The molecule has 0 aliphatic carbocycles. The fourth-order valence-corrected chi connectivity index (χ4v) is 7.06. The number of hydrogen-bond acceptors (Lipinski definition) is 12. The Morgan fingerprint density at radius 3 is 1.65 bits per heavy atom. The minimum atomic E-state index is -1.55. The van der Waals surface area contributed by atoms with Crippen molar-refractivity contribution in [3.63, 3.8) is 0 Å². The van der Waals surface area contributed by atoms with Gasteiger partial charge in [0.1, 0.15) is 18.3 Å². The van der Waals surface area contributed by atoms with Crippen LogP contribution in [-0.4, -0.2) is 105 Å². The topological polar surface area (TPSA) is 235 Å². The van der Waals surface area contributed by atoms with Crippen LogP contribution in [-0.2, 0) is 19.1 Å². The van der Waals surface area contributed by atoms with E-state index in [0.29, 0.717) is 28.5 Å². The second-order valence-corrected chi connectivity index (χ2v) is 11.5. The summed E-state index contributed by atoms with van der Waals surface area (Å²) in [6.07, 6.45) is -6.34. The van der Waals surface area contributed by atoms with Crippen molar-refractivity contribution in [2.24, 2.45) is 0 Å².